The number of carbonyl (C=O) groups is 1. The van der Waals surface area contributed by atoms with Crippen LogP contribution in [-0.4, -0.2) is 19.1 Å². The average molecular weight is 279 g/mol. The number of benzene rings is 1. The van der Waals surface area contributed by atoms with Crippen molar-refractivity contribution in [2.45, 2.75) is 45.6 Å². The first kappa shape index (κ1) is 14.8. The van der Waals surface area contributed by atoms with E-state index in [-0.39, 0.29) is 11.9 Å². The fourth-order valence-electron chi connectivity index (χ4n) is 2.69. The van der Waals surface area contributed by atoms with Gasteiger partial charge in [0.25, 0.3) is 0 Å². The van der Waals surface area contributed by atoms with Gasteiger partial charge in [-0.3, -0.25) is 0 Å². The zero-order valence-electron chi connectivity index (χ0n) is 12.3. The third-order valence-electron chi connectivity index (χ3n) is 4.09. The van der Waals surface area contributed by atoms with Crippen LogP contribution in [0.15, 0.2) is 18.2 Å². The van der Waals surface area contributed by atoms with Gasteiger partial charge in [-0.2, -0.15) is 0 Å². The van der Waals surface area contributed by atoms with Gasteiger partial charge in [0.15, 0.2) is 0 Å². The van der Waals surface area contributed by atoms with E-state index in [0.717, 1.165) is 25.7 Å². The van der Waals surface area contributed by atoms with Gasteiger partial charge in [-0.25, -0.2) is 9.18 Å². The van der Waals surface area contributed by atoms with Gasteiger partial charge < -0.3 is 10.1 Å². The molecule has 2 rings (SSSR count). The van der Waals surface area contributed by atoms with Gasteiger partial charge in [0.2, 0.25) is 0 Å². The largest absolute Gasteiger partial charge is 0.465 e. The lowest BCUT2D eigenvalue weighted by Gasteiger charge is -2.35. The molecule has 4 heteroatoms. The molecule has 1 fully saturated rings. The Morgan fingerprint density at radius 2 is 2.00 bits per heavy atom. The summed E-state index contributed by atoms with van der Waals surface area (Å²) in [6.07, 6.45) is 4.33. The van der Waals surface area contributed by atoms with Crippen LogP contribution >= 0.6 is 0 Å². The Bertz CT molecular complexity index is 489. The molecule has 1 N–H and O–H groups in total. The molecule has 0 bridgehead atoms. The lowest BCUT2D eigenvalue weighted by molar-refractivity contribution is 0.0601. The Labute approximate surface area is 119 Å². The summed E-state index contributed by atoms with van der Waals surface area (Å²) in [4.78, 5) is 11.7. The van der Waals surface area contributed by atoms with Crippen LogP contribution in [0.3, 0.4) is 0 Å². The van der Waals surface area contributed by atoms with E-state index in [1.165, 1.54) is 25.3 Å². The molecule has 0 heterocycles. The lowest BCUT2D eigenvalue weighted by Crippen LogP contribution is -2.30. The Kier molecular flexibility index (Phi) is 4.31. The first-order valence-corrected chi connectivity index (χ1v) is 7.06. The highest BCUT2D eigenvalue weighted by atomic mass is 19.1. The van der Waals surface area contributed by atoms with Crippen molar-refractivity contribution in [3.63, 3.8) is 0 Å². The van der Waals surface area contributed by atoms with Gasteiger partial charge in [-0.15, -0.1) is 0 Å². The maximum atomic E-state index is 13.4. The first-order valence-electron chi connectivity index (χ1n) is 7.06. The Balaban J connectivity index is 2.12. The van der Waals surface area contributed by atoms with Crippen LogP contribution in [0.2, 0.25) is 0 Å². The molecule has 0 unspecified atom stereocenters. The molecule has 20 heavy (non-hydrogen) atoms. The van der Waals surface area contributed by atoms with E-state index in [1.54, 1.807) is 0 Å². The Morgan fingerprint density at radius 3 is 2.60 bits per heavy atom. The smallest absolute Gasteiger partial charge is 0.339 e. The normalized spacial score (nSPS) is 18.6. The van der Waals surface area contributed by atoms with E-state index in [9.17, 15) is 9.18 Å². The molecule has 0 aromatic heterocycles. The van der Waals surface area contributed by atoms with E-state index in [1.807, 2.05) is 0 Å². The van der Waals surface area contributed by atoms with Crippen LogP contribution in [0.1, 0.15) is 49.9 Å². The quantitative estimate of drug-likeness (QED) is 0.850. The second kappa shape index (κ2) is 5.81. The number of rotatable bonds is 3. The van der Waals surface area contributed by atoms with Gasteiger partial charge in [-0.05, 0) is 49.3 Å². The molecule has 0 saturated heterocycles. The predicted octanol–water partition coefficient (Wildman–Crippen LogP) is 3.99. The molecular formula is C16H22FNO2. The van der Waals surface area contributed by atoms with Crippen molar-refractivity contribution in [3.8, 4) is 0 Å². The summed E-state index contributed by atoms with van der Waals surface area (Å²) < 4.78 is 18.1. The molecular weight excluding hydrogens is 257 g/mol. The van der Waals surface area contributed by atoms with Gasteiger partial charge in [0.1, 0.15) is 5.82 Å². The third-order valence-corrected chi connectivity index (χ3v) is 4.09. The molecule has 1 aliphatic rings. The maximum Gasteiger partial charge on any atom is 0.339 e. The van der Waals surface area contributed by atoms with Gasteiger partial charge in [0.05, 0.1) is 18.4 Å². The summed E-state index contributed by atoms with van der Waals surface area (Å²) in [6, 6.07) is 4.40. The number of hydrogen-bond donors (Lipinski definition) is 1. The van der Waals surface area contributed by atoms with Crippen molar-refractivity contribution in [1.29, 1.82) is 0 Å². The number of hydrogen-bond acceptors (Lipinski definition) is 3. The molecule has 0 atom stereocenters. The van der Waals surface area contributed by atoms with E-state index < -0.39 is 5.97 Å². The summed E-state index contributed by atoms with van der Waals surface area (Å²) >= 11 is 0. The van der Waals surface area contributed by atoms with Crippen molar-refractivity contribution in [3.05, 3.63) is 29.6 Å². The highest BCUT2D eigenvalue weighted by molar-refractivity contribution is 5.95. The molecule has 1 saturated carbocycles. The molecule has 1 aromatic rings. The molecule has 3 nitrogen and oxygen atoms in total. The minimum absolute atomic E-state index is 0.285. The Hall–Kier alpha value is -1.58. The fourth-order valence-corrected chi connectivity index (χ4v) is 2.69. The minimum Gasteiger partial charge on any atom is -0.465 e. The zero-order valence-corrected chi connectivity index (χ0v) is 12.3. The van der Waals surface area contributed by atoms with Crippen LogP contribution in [0.5, 0.6) is 0 Å². The Morgan fingerprint density at radius 1 is 1.35 bits per heavy atom. The van der Waals surface area contributed by atoms with E-state index in [2.05, 4.69) is 19.2 Å². The molecule has 0 spiro atoms. The number of ether oxygens (including phenoxy) is 1. The molecule has 1 aromatic carbocycles. The summed E-state index contributed by atoms with van der Waals surface area (Å²) in [6.45, 7) is 4.54. The average Bonchev–Trinajstić information content (AvgIpc) is 2.40. The third kappa shape index (κ3) is 3.50. The van der Waals surface area contributed by atoms with Crippen molar-refractivity contribution >= 4 is 11.7 Å². The standard InChI is InChI=1S/C16H22FNO2/c1-16(2)8-6-12(7-9-16)18-14-10-11(17)4-5-13(14)15(19)20-3/h4-5,10,12,18H,6-9H2,1-3H3. The van der Waals surface area contributed by atoms with Crippen LogP contribution in [0.4, 0.5) is 10.1 Å². The van der Waals surface area contributed by atoms with Crippen LogP contribution < -0.4 is 5.32 Å². The van der Waals surface area contributed by atoms with Crippen molar-refractivity contribution in [2.24, 2.45) is 5.41 Å². The highest BCUT2D eigenvalue weighted by Gasteiger charge is 2.27. The number of methoxy groups -OCH3 is 1. The number of esters is 1. The molecule has 0 radical (unpaired) electrons. The second-order valence-electron chi connectivity index (χ2n) is 6.26. The van der Waals surface area contributed by atoms with Gasteiger partial charge in [0, 0.05) is 6.04 Å². The van der Waals surface area contributed by atoms with E-state index in [4.69, 9.17) is 4.74 Å². The predicted molar refractivity (Wildman–Crippen MR) is 77.4 cm³/mol. The van der Waals surface area contributed by atoms with Crippen LogP contribution in [0, 0.1) is 11.2 Å². The highest BCUT2D eigenvalue weighted by Crippen LogP contribution is 2.36. The number of carbonyl (C=O) groups excluding carboxylic acids is 1. The van der Waals surface area contributed by atoms with Gasteiger partial charge in [-0.1, -0.05) is 13.8 Å². The number of anilines is 1. The summed E-state index contributed by atoms with van der Waals surface area (Å²) in [7, 11) is 1.33. The fraction of sp³-hybridized carbons (Fsp3) is 0.562. The lowest BCUT2D eigenvalue weighted by atomic mass is 9.75. The minimum atomic E-state index is -0.441. The molecule has 0 amide bonds. The summed E-state index contributed by atoms with van der Waals surface area (Å²) in [5.41, 5.74) is 1.30. The zero-order chi connectivity index (χ0) is 14.8. The second-order valence-corrected chi connectivity index (χ2v) is 6.26. The van der Waals surface area contributed by atoms with E-state index in [0.29, 0.717) is 16.7 Å². The molecule has 110 valence electrons. The topological polar surface area (TPSA) is 38.3 Å². The SMILES string of the molecule is COC(=O)c1ccc(F)cc1NC1CCC(C)(C)CC1. The van der Waals surface area contributed by atoms with Crippen molar-refractivity contribution in [2.75, 3.05) is 12.4 Å². The van der Waals surface area contributed by atoms with Crippen LogP contribution in [-0.2, 0) is 4.74 Å². The maximum absolute atomic E-state index is 13.4. The molecule has 1 aliphatic carbocycles. The summed E-state index contributed by atoms with van der Waals surface area (Å²) in [5, 5.41) is 3.30. The number of nitrogens with one attached hydrogen (secondary N) is 1. The van der Waals surface area contributed by atoms with Gasteiger partial charge >= 0.3 is 5.97 Å². The van der Waals surface area contributed by atoms with E-state index >= 15 is 0 Å². The van der Waals surface area contributed by atoms with Crippen molar-refractivity contribution < 1.29 is 13.9 Å². The summed E-state index contributed by atoms with van der Waals surface area (Å²) in [5.74, 6) is -0.792. The first-order chi connectivity index (χ1) is 9.41. The number of halogens is 1. The monoisotopic (exact) mass is 279 g/mol. The van der Waals surface area contributed by atoms with Crippen LogP contribution in [0.25, 0.3) is 0 Å². The van der Waals surface area contributed by atoms with Crippen molar-refractivity contribution in [1.82, 2.24) is 0 Å². The molecule has 0 aliphatic heterocycles.